The van der Waals surface area contributed by atoms with Gasteiger partial charge in [-0.2, -0.15) is 12.1 Å². The molecule has 34 heavy (non-hydrogen) atoms. The van der Waals surface area contributed by atoms with E-state index in [0.29, 0.717) is 0 Å². The molecule has 0 aromatic carbocycles. The van der Waals surface area contributed by atoms with Crippen LogP contribution in [-0.2, 0) is 40.6 Å². The smallest absolute Gasteiger partial charge is 0.136 e. The van der Waals surface area contributed by atoms with E-state index >= 15 is 0 Å². The van der Waals surface area contributed by atoms with Crippen LogP contribution < -0.4 is 0 Å². The fraction of sp³-hybridized carbons (Fsp3) is 0.192. The Bertz CT molecular complexity index is 1380. The van der Waals surface area contributed by atoms with Gasteiger partial charge in [-0.25, -0.2) is 0 Å². The van der Waals surface area contributed by atoms with Crippen LogP contribution in [0.25, 0.3) is 44.2 Å². The molecule has 0 fully saturated rings. The van der Waals surface area contributed by atoms with E-state index in [-0.39, 0.29) is 33.9 Å². The first kappa shape index (κ1) is 24.2. The molecule has 8 heteroatoms. The number of thiophene rings is 1. The summed E-state index contributed by atoms with van der Waals surface area (Å²) in [5.74, 6) is 1.80. The topological polar surface area (TPSA) is 61.4 Å². The van der Waals surface area contributed by atoms with Crippen molar-refractivity contribution in [2.24, 2.45) is 14.1 Å². The van der Waals surface area contributed by atoms with Crippen LogP contribution in [0.1, 0.15) is 25.0 Å². The Labute approximate surface area is 218 Å². The van der Waals surface area contributed by atoms with Crippen LogP contribution in [0.5, 0.6) is 0 Å². The molecule has 0 unspecified atom stereocenters. The zero-order chi connectivity index (χ0) is 22.0. The van der Waals surface area contributed by atoms with E-state index in [9.17, 15) is 0 Å². The summed E-state index contributed by atoms with van der Waals surface area (Å²) in [6, 6.07) is 15.2. The molecule has 6 rings (SSSR count). The van der Waals surface area contributed by atoms with Gasteiger partial charge in [0.15, 0.2) is 0 Å². The molecule has 6 heterocycles. The van der Waals surface area contributed by atoms with E-state index < -0.39 is 0 Å². The van der Waals surface area contributed by atoms with Gasteiger partial charge in [0.1, 0.15) is 11.6 Å². The minimum atomic E-state index is -0.346. The van der Waals surface area contributed by atoms with E-state index in [4.69, 9.17) is 9.97 Å². The molecule has 0 N–H and O–H groups in total. The number of hydrogen-bond donors (Lipinski definition) is 0. The van der Waals surface area contributed by atoms with Crippen molar-refractivity contribution in [3.8, 4) is 44.2 Å². The minimum absolute atomic E-state index is 0. The SMILES string of the molecule is Cn1cc2nc1-c1ccc(s1)-c1nc(cn1C)-c1[c-]c(ccn1)C(C)(C)c1[c-]c-2ncc1.[CH3-].[Pt]. The Kier molecular flexibility index (Phi) is 6.21. The Morgan fingerprint density at radius 3 is 1.65 bits per heavy atom. The molecule has 6 nitrogen and oxygen atoms in total. The zero-order valence-corrected chi connectivity index (χ0v) is 22.6. The zero-order valence-electron chi connectivity index (χ0n) is 19.5. The molecular formula is C26H23N6PtS-3. The van der Waals surface area contributed by atoms with Gasteiger partial charge in [0, 0.05) is 46.5 Å². The van der Waals surface area contributed by atoms with Crippen molar-refractivity contribution in [3.63, 3.8) is 0 Å². The molecule has 0 saturated heterocycles. The van der Waals surface area contributed by atoms with Gasteiger partial charge in [-0.15, -0.1) is 34.6 Å². The Morgan fingerprint density at radius 2 is 1.21 bits per heavy atom. The van der Waals surface area contributed by atoms with Gasteiger partial charge in [-0.05, 0) is 53.7 Å². The Morgan fingerprint density at radius 1 is 0.765 bits per heavy atom. The normalized spacial score (nSPS) is 13.1. The Balaban J connectivity index is 0.00000137. The van der Waals surface area contributed by atoms with Crippen LogP contribution in [0.2, 0.25) is 0 Å². The van der Waals surface area contributed by atoms with E-state index in [1.807, 2.05) is 60.1 Å². The van der Waals surface area contributed by atoms with Gasteiger partial charge in [-0.1, -0.05) is 13.8 Å². The summed E-state index contributed by atoms with van der Waals surface area (Å²) in [4.78, 5) is 21.1. The van der Waals surface area contributed by atoms with E-state index in [1.165, 1.54) is 0 Å². The summed E-state index contributed by atoms with van der Waals surface area (Å²) >= 11 is 1.67. The van der Waals surface area contributed by atoms with Crippen molar-refractivity contribution in [2.75, 3.05) is 0 Å². The third-order valence-corrected chi connectivity index (χ3v) is 7.10. The first-order valence-corrected chi connectivity index (χ1v) is 11.2. The van der Waals surface area contributed by atoms with Crippen LogP contribution in [0.4, 0.5) is 0 Å². The predicted molar refractivity (Wildman–Crippen MR) is 131 cm³/mol. The van der Waals surface area contributed by atoms with Crippen LogP contribution >= 0.6 is 11.3 Å². The number of aryl methyl sites for hydroxylation is 2. The van der Waals surface area contributed by atoms with E-state index in [2.05, 4.69) is 48.1 Å². The molecule has 0 amide bonds. The van der Waals surface area contributed by atoms with Crippen LogP contribution in [0.3, 0.4) is 0 Å². The second-order valence-electron chi connectivity index (χ2n) is 8.57. The second-order valence-corrected chi connectivity index (χ2v) is 9.66. The first-order chi connectivity index (χ1) is 15.4. The fourth-order valence-electron chi connectivity index (χ4n) is 4.11. The Hall–Kier alpha value is -2.89. The van der Waals surface area contributed by atoms with Gasteiger partial charge in [-0.3, -0.25) is 19.9 Å². The average Bonchev–Trinajstić information content (AvgIpc) is 3.51. The molecule has 0 spiro atoms. The summed E-state index contributed by atoms with van der Waals surface area (Å²) in [6.45, 7) is 4.34. The number of nitrogens with zero attached hydrogens (tertiary/aromatic N) is 6. The molecule has 0 atom stereocenters. The number of hydrogen-bond acceptors (Lipinski definition) is 5. The quantitative estimate of drug-likeness (QED) is 0.213. The van der Waals surface area contributed by atoms with Crippen LogP contribution in [0, 0.1) is 19.6 Å². The van der Waals surface area contributed by atoms with Crippen molar-refractivity contribution < 1.29 is 21.1 Å². The molecule has 0 aliphatic carbocycles. The maximum absolute atomic E-state index is 4.91. The predicted octanol–water partition coefficient (Wildman–Crippen LogP) is 5.36. The molecule has 1 aliphatic rings. The molecule has 5 aromatic rings. The van der Waals surface area contributed by atoms with Gasteiger partial charge < -0.3 is 16.6 Å². The van der Waals surface area contributed by atoms with Crippen molar-refractivity contribution in [1.82, 2.24) is 29.1 Å². The molecule has 176 valence electrons. The van der Waals surface area contributed by atoms with Gasteiger partial charge in [0.2, 0.25) is 0 Å². The third kappa shape index (κ3) is 3.77. The van der Waals surface area contributed by atoms with Gasteiger partial charge in [0.25, 0.3) is 0 Å². The maximum atomic E-state index is 4.91. The molecule has 1 aliphatic heterocycles. The minimum Gasteiger partial charge on any atom is -0.358 e. The van der Waals surface area contributed by atoms with Gasteiger partial charge >= 0.3 is 0 Å². The van der Waals surface area contributed by atoms with Crippen LogP contribution in [0.15, 0.2) is 49.1 Å². The third-order valence-electron chi connectivity index (χ3n) is 6.03. The van der Waals surface area contributed by atoms with Crippen LogP contribution in [-0.4, -0.2) is 29.1 Å². The number of rotatable bonds is 0. The number of aromatic nitrogens is 6. The molecule has 10 bridgehead atoms. The van der Waals surface area contributed by atoms with Crippen molar-refractivity contribution in [1.29, 1.82) is 0 Å². The van der Waals surface area contributed by atoms with Crippen molar-refractivity contribution >= 4 is 11.3 Å². The average molecular weight is 647 g/mol. The fourth-order valence-corrected chi connectivity index (χ4v) is 5.18. The summed E-state index contributed by atoms with van der Waals surface area (Å²) in [6.07, 6.45) is 7.68. The monoisotopic (exact) mass is 646 g/mol. The summed E-state index contributed by atoms with van der Waals surface area (Å²) in [5, 5.41) is 0. The second kappa shape index (κ2) is 8.71. The molecule has 0 radical (unpaired) electrons. The molecular weight excluding hydrogens is 623 g/mol. The van der Waals surface area contributed by atoms with Crippen molar-refractivity contribution in [3.05, 3.63) is 79.7 Å². The first-order valence-electron chi connectivity index (χ1n) is 10.4. The van der Waals surface area contributed by atoms with Crippen molar-refractivity contribution in [2.45, 2.75) is 19.3 Å². The largest absolute Gasteiger partial charge is 0.358 e. The standard InChI is InChI=1S/C25H20N6S.CH3.Pt/c1-25(2)15-7-9-26-17(11-15)19-13-30(3)23(28-19)21-5-6-22(32-21)24-29-20(14-31(24)4)18-12-16(25)8-10-27-18;;/h5-10,13-14H,1-4H3;1H3;/q-2;-1;. The number of pyridine rings is 2. The summed E-state index contributed by atoms with van der Waals surface area (Å²) in [5.41, 5.74) is 4.79. The molecule has 5 aromatic heterocycles. The summed E-state index contributed by atoms with van der Waals surface area (Å²) < 4.78 is 4.09. The van der Waals surface area contributed by atoms with E-state index in [0.717, 1.165) is 55.3 Å². The number of imidazole rings is 2. The maximum Gasteiger partial charge on any atom is 0.136 e. The van der Waals surface area contributed by atoms with Gasteiger partial charge in [0.05, 0.1) is 9.75 Å². The summed E-state index contributed by atoms with van der Waals surface area (Å²) in [7, 11) is 4.02. The van der Waals surface area contributed by atoms with E-state index in [1.54, 1.807) is 11.3 Å². The number of fused-ring (bicyclic) bond motifs is 14. The molecule has 0 saturated carbocycles.